The van der Waals surface area contributed by atoms with Gasteiger partial charge in [0.05, 0.1) is 44.6 Å². The lowest BCUT2D eigenvalue weighted by atomic mass is 10.0. The Morgan fingerprint density at radius 1 is 1.17 bits per heavy atom. The molecule has 0 bridgehead atoms. The van der Waals surface area contributed by atoms with E-state index in [1.807, 2.05) is 4.68 Å². The Kier molecular flexibility index (Phi) is 5.85. The molecule has 1 aromatic heterocycles. The van der Waals surface area contributed by atoms with Crippen molar-refractivity contribution in [3.05, 3.63) is 42.0 Å². The number of carbonyl (C=O) groups excluding carboxylic acids is 1. The van der Waals surface area contributed by atoms with Gasteiger partial charge in [0, 0.05) is 18.9 Å². The first-order valence-electron chi connectivity index (χ1n) is 10.2. The number of aryl methyl sites for hydroxylation is 1. The molecule has 1 aliphatic rings. The molecule has 0 spiro atoms. The van der Waals surface area contributed by atoms with Crippen molar-refractivity contribution in [2.45, 2.75) is 25.8 Å². The average Bonchev–Trinajstić information content (AvgIpc) is 3.17. The molecule has 8 heteroatoms. The molecule has 0 radical (unpaired) electrons. The van der Waals surface area contributed by atoms with E-state index in [0.717, 1.165) is 37.0 Å². The molecule has 1 amide bonds. The second-order valence-electron chi connectivity index (χ2n) is 7.80. The normalized spacial score (nSPS) is 18.9. The van der Waals surface area contributed by atoms with E-state index >= 15 is 0 Å². The van der Waals surface area contributed by atoms with Crippen molar-refractivity contribution in [3.63, 3.8) is 0 Å². The Hall–Kier alpha value is -3.13. The second-order valence-corrected chi connectivity index (χ2v) is 7.80. The van der Waals surface area contributed by atoms with Crippen LogP contribution in [0.3, 0.4) is 0 Å². The maximum Gasteiger partial charge on any atom is 0.279 e. The Balaban J connectivity index is 1.35. The summed E-state index contributed by atoms with van der Waals surface area (Å²) in [6.07, 6.45) is 1.94. The Labute approximate surface area is 175 Å². The van der Waals surface area contributed by atoms with Crippen molar-refractivity contribution in [2.24, 2.45) is 0 Å². The predicted molar refractivity (Wildman–Crippen MR) is 114 cm³/mol. The number of quaternary nitrogens is 1. The van der Waals surface area contributed by atoms with Gasteiger partial charge in [-0.3, -0.25) is 4.79 Å². The van der Waals surface area contributed by atoms with Gasteiger partial charge in [-0.05, 0) is 36.8 Å². The Bertz CT molecular complexity index is 1040. The minimum Gasteiger partial charge on any atom is -0.497 e. The lowest BCUT2D eigenvalue weighted by Crippen LogP contribution is -3.14. The summed E-state index contributed by atoms with van der Waals surface area (Å²) in [7, 11) is 3.18. The minimum absolute atomic E-state index is 0.0308. The third kappa shape index (κ3) is 4.23. The van der Waals surface area contributed by atoms with Gasteiger partial charge in [-0.15, -0.1) is 5.10 Å². The summed E-state index contributed by atoms with van der Waals surface area (Å²) >= 11 is 0. The maximum atomic E-state index is 12.6. The lowest BCUT2D eigenvalue weighted by molar-refractivity contribution is -0.897. The summed E-state index contributed by atoms with van der Waals surface area (Å²) in [5.41, 5.74) is 3.83. The number of nitrogens with one attached hydrogen (secondary N) is 2. The molecule has 2 N–H and O–H groups in total. The first-order chi connectivity index (χ1) is 14.6. The number of hydrogen-bond acceptors (Lipinski definition) is 5. The molecule has 1 aliphatic heterocycles. The lowest BCUT2D eigenvalue weighted by Gasteiger charge is -2.29. The van der Waals surface area contributed by atoms with Crippen LogP contribution in [0.1, 0.15) is 24.4 Å². The van der Waals surface area contributed by atoms with E-state index in [1.165, 1.54) is 10.5 Å². The van der Waals surface area contributed by atoms with Crippen LogP contribution in [-0.4, -0.2) is 54.8 Å². The average molecular weight is 410 g/mol. The van der Waals surface area contributed by atoms with Gasteiger partial charge in [-0.1, -0.05) is 11.3 Å². The van der Waals surface area contributed by atoms with Gasteiger partial charge in [0.2, 0.25) is 0 Å². The number of carbonyl (C=O) groups is 1. The number of anilines is 1. The molecule has 0 saturated carbocycles. The maximum absolute atomic E-state index is 12.6. The first kappa shape index (κ1) is 20.2. The van der Waals surface area contributed by atoms with Crippen molar-refractivity contribution in [3.8, 4) is 11.5 Å². The number of amides is 1. The van der Waals surface area contributed by atoms with Crippen LogP contribution in [0.15, 0.2) is 36.4 Å². The molecule has 2 aromatic carbocycles. The van der Waals surface area contributed by atoms with E-state index in [9.17, 15) is 4.79 Å². The van der Waals surface area contributed by atoms with Crippen molar-refractivity contribution in [1.82, 2.24) is 15.0 Å². The van der Waals surface area contributed by atoms with Crippen LogP contribution >= 0.6 is 0 Å². The van der Waals surface area contributed by atoms with Crippen LogP contribution in [0.2, 0.25) is 0 Å². The fourth-order valence-electron chi connectivity index (χ4n) is 4.09. The molecule has 4 rings (SSSR count). The number of methoxy groups -OCH3 is 2. The van der Waals surface area contributed by atoms with Gasteiger partial charge in [0.1, 0.15) is 17.0 Å². The van der Waals surface area contributed by atoms with Gasteiger partial charge < -0.3 is 19.7 Å². The standard InChI is InChI=1S/C22H27N5O3/c1-15-4-6-20-18(12-15)24-25-27(20)16-8-10-26(11-9-16)14-22(28)23-19-13-17(29-2)5-7-21(19)30-3/h4-7,12-13,16H,8-11,14H2,1-3H3,(H,23,28)/p+1. The highest BCUT2D eigenvalue weighted by molar-refractivity contribution is 5.93. The molecule has 158 valence electrons. The molecular formula is C22H28N5O3+. The summed E-state index contributed by atoms with van der Waals surface area (Å²) in [4.78, 5) is 13.9. The molecular weight excluding hydrogens is 382 g/mol. The van der Waals surface area contributed by atoms with Crippen LogP contribution in [0.5, 0.6) is 11.5 Å². The molecule has 2 heterocycles. The van der Waals surface area contributed by atoms with Crippen LogP contribution < -0.4 is 19.7 Å². The topological polar surface area (TPSA) is 82.7 Å². The fourth-order valence-corrected chi connectivity index (χ4v) is 4.09. The van der Waals surface area contributed by atoms with E-state index in [2.05, 4.69) is 40.8 Å². The van der Waals surface area contributed by atoms with Crippen molar-refractivity contribution in [2.75, 3.05) is 39.2 Å². The molecule has 1 saturated heterocycles. The summed E-state index contributed by atoms with van der Waals surface area (Å²) in [5, 5.41) is 11.7. The highest BCUT2D eigenvalue weighted by Gasteiger charge is 2.27. The number of hydrogen-bond donors (Lipinski definition) is 2. The minimum atomic E-state index is -0.0308. The number of rotatable bonds is 6. The highest BCUT2D eigenvalue weighted by atomic mass is 16.5. The largest absolute Gasteiger partial charge is 0.497 e. The van der Waals surface area contributed by atoms with Crippen LogP contribution in [0.25, 0.3) is 11.0 Å². The zero-order chi connectivity index (χ0) is 21.1. The molecule has 0 atom stereocenters. The number of nitrogens with zero attached hydrogens (tertiary/aromatic N) is 3. The predicted octanol–water partition coefficient (Wildman–Crippen LogP) is 1.62. The zero-order valence-electron chi connectivity index (χ0n) is 17.6. The van der Waals surface area contributed by atoms with Gasteiger partial charge >= 0.3 is 0 Å². The summed E-state index contributed by atoms with van der Waals surface area (Å²) in [6.45, 7) is 4.32. The number of likely N-dealkylation sites (tertiary alicyclic amines) is 1. The van der Waals surface area contributed by atoms with Crippen LogP contribution in [0.4, 0.5) is 5.69 Å². The summed E-state index contributed by atoms with van der Waals surface area (Å²) in [6, 6.07) is 11.9. The molecule has 30 heavy (non-hydrogen) atoms. The Morgan fingerprint density at radius 3 is 2.70 bits per heavy atom. The molecule has 3 aromatic rings. The first-order valence-corrected chi connectivity index (χ1v) is 10.2. The summed E-state index contributed by atoms with van der Waals surface area (Å²) in [5.74, 6) is 1.26. The number of benzene rings is 2. The van der Waals surface area contributed by atoms with E-state index in [1.54, 1.807) is 32.4 Å². The molecule has 8 nitrogen and oxygen atoms in total. The number of fused-ring (bicyclic) bond motifs is 1. The van der Waals surface area contributed by atoms with E-state index in [4.69, 9.17) is 9.47 Å². The van der Waals surface area contributed by atoms with Crippen LogP contribution in [-0.2, 0) is 4.79 Å². The third-order valence-corrected chi connectivity index (χ3v) is 5.73. The molecule has 0 aliphatic carbocycles. The number of aromatic nitrogens is 3. The SMILES string of the molecule is COc1ccc(OC)c(NC(=O)C[NH+]2CCC(n3nnc4cc(C)ccc43)CC2)c1. The Morgan fingerprint density at radius 2 is 1.97 bits per heavy atom. The van der Waals surface area contributed by atoms with Crippen molar-refractivity contribution in [1.29, 1.82) is 0 Å². The molecule has 1 fully saturated rings. The van der Waals surface area contributed by atoms with Crippen molar-refractivity contribution < 1.29 is 19.2 Å². The van der Waals surface area contributed by atoms with Crippen molar-refractivity contribution >= 4 is 22.6 Å². The van der Waals surface area contributed by atoms with E-state index in [-0.39, 0.29) is 5.91 Å². The highest BCUT2D eigenvalue weighted by Crippen LogP contribution is 2.28. The fraction of sp³-hybridized carbons (Fsp3) is 0.409. The van der Waals surface area contributed by atoms with E-state index in [0.29, 0.717) is 29.8 Å². The summed E-state index contributed by atoms with van der Waals surface area (Å²) < 4.78 is 12.6. The van der Waals surface area contributed by atoms with E-state index < -0.39 is 0 Å². The second kappa shape index (κ2) is 8.71. The van der Waals surface area contributed by atoms with Crippen LogP contribution in [0, 0.1) is 6.92 Å². The number of piperidine rings is 1. The number of ether oxygens (including phenoxy) is 2. The van der Waals surface area contributed by atoms with Gasteiger partial charge in [-0.25, -0.2) is 4.68 Å². The van der Waals surface area contributed by atoms with Gasteiger partial charge in [0.15, 0.2) is 6.54 Å². The quantitative estimate of drug-likeness (QED) is 0.645. The zero-order valence-corrected chi connectivity index (χ0v) is 17.6. The van der Waals surface area contributed by atoms with Gasteiger partial charge in [0.25, 0.3) is 5.91 Å². The third-order valence-electron chi connectivity index (χ3n) is 5.73. The van der Waals surface area contributed by atoms with Gasteiger partial charge in [-0.2, -0.15) is 0 Å². The smallest absolute Gasteiger partial charge is 0.279 e. The molecule has 0 unspecified atom stereocenters. The monoisotopic (exact) mass is 410 g/mol.